The number of ether oxygens (including phenoxy) is 2. The van der Waals surface area contributed by atoms with Gasteiger partial charge in [0.25, 0.3) is 0 Å². The van der Waals surface area contributed by atoms with Crippen LogP contribution < -0.4 is 5.32 Å². The van der Waals surface area contributed by atoms with Gasteiger partial charge in [0.1, 0.15) is 43.1 Å². The number of allylic oxidation sites excluding steroid dienone is 2. The Morgan fingerprint density at radius 2 is 1.91 bits per heavy atom. The lowest BCUT2D eigenvalue weighted by atomic mass is 9.94. The van der Waals surface area contributed by atoms with Crippen molar-refractivity contribution >= 4 is 11.9 Å². The third-order valence-corrected chi connectivity index (χ3v) is 6.63. The molecular formula is C21H31N4O9+. The van der Waals surface area contributed by atoms with E-state index < -0.39 is 72.3 Å². The summed E-state index contributed by atoms with van der Waals surface area (Å²) in [6, 6.07) is -0.818. The highest BCUT2D eigenvalue weighted by atomic mass is 16.6. The smallest absolute Gasteiger partial charge is 0.394 e. The molecule has 2 amide bonds. The fourth-order valence-electron chi connectivity index (χ4n) is 4.71. The Balaban J connectivity index is 1.71. The lowest BCUT2D eigenvalue weighted by Crippen LogP contribution is -2.73. The van der Waals surface area contributed by atoms with E-state index in [0.29, 0.717) is 6.54 Å². The van der Waals surface area contributed by atoms with Crippen LogP contribution in [0.15, 0.2) is 41.7 Å². The normalized spacial score (nSPS) is 45.4. The van der Waals surface area contributed by atoms with Crippen molar-refractivity contribution < 1.29 is 49.4 Å². The van der Waals surface area contributed by atoms with Gasteiger partial charge < -0.3 is 45.0 Å². The predicted molar refractivity (Wildman–Crippen MR) is 115 cm³/mol. The van der Waals surface area contributed by atoms with E-state index in [1.165, 1.54) is 19.2 Å². The maximum absolute atomic E-state index is 13.6. The number of urea groups is 1. The molecule has 188 valence electrons. The third-order valence-electron chi connectivity index (χ3n) is 6.63. The number of hydrogen-bond acceptors (Lipinski definition) is 11. The number of nitrogens with zero attached hydrogens (tertiary/aromatic N) is 3. The first-order chi connectivity index (χ1) is 16.2. The number of carbonyl (C=O) groups excluding carboxylic acids is 1. The zero-order valence-corrected chi connectivity index (χ0v) is 18.6. The summed E-state index contributed by atoms with van der Waals surface area (Å²) < 4.78 is 10.3. The topological polar surface area (TPSA) is 185 Å². The maximum atomic E-state index is 13.6. The van der Waals surface area contributed by atoms with Crippen LogP contribution in [-0.4, -0.2) is 127 Å². The van der Waals surface area contributed by atoms with Gasteiger partial charge in [0.2, 0.25) is 12.5 Å². The van der Waals surface area contributed by atoms with Crippen LogP contribution in [0.4, 0.5) is 4.79 Å². The molecule has 13 nitrogen and oxygen atoms in total. The lowest BCUT2D eigenvalue weighted by molar-refractivity contribution is -0.907. The molecule has 0 aromatic carbocycles. The van der Waals surface area contributed by atoms with Crippen molar-refractivity contribution in [3.05, 3.63) is 36.7 Å². The van der Waals surface area contributed by atoms with Crippen LogP contribution in [0.2, 0.25) is 0 Å². The summed E-state index contributed by atoms with van der Waals surface area (Å²) in [5, 5.41) is 64.5. The van der Waals surface area contributed by atoms with Gasteiger partial charge >= 0.3 is 6.03 Å². The molecule has 4 heterocycles. The summed E-state index contributed by atoms with van der Waals surface area (Å²) in [6.07, 6.45) is 0.0735. The number of amides is 2. The van der Waals surface area contributed by atoms with Crippen LogP contribution in [0.5, 0.6) is 0 Å². The Kier molecular flexibility index (Phi) is 6.92. The quantitative estimate of drug-likeness (QED) is 0.193. The van der Waals surface area contributed by atoms with E-state index in [1.807, 2.05) is 29.3 Å². The minimum atomic E-state index is -2.07. The highest BCUT2D eigenvalue weighted by molar-refractivity contribution is 6.04. The van der Waals surface area contributed by atoms with E-state index in [-0.39, 0.29) is 12.5 Å². The monoisotopic (exact) mass is 483 g/mol. The molecule has 2 fully saturated rings. The van der Waals surface area contributed by atoms with Crippen LogP contribution in [0.1, 0.15) is 6.92 Å². The van der Waals surface area contributed by atoms with Gasteiger partial charge in [-0.3, -0.25) is 5.32 Å². The van der Waals surface area contributed by atoms with Crippen molar-refractivity contribution in [3.8, 4) is 0 Å². The second-order valence-corrected chi connectivity index (χ2v) is 8.92. The number of carbonyl (C=O) groups is 1. The number of nitrogens with one attached hydrogen (secondary N) is 1. The standard InChI is InChI=1S/C21H30N4O9/c1-21(32)17(30)13(10-27)34-19(21)25(18-16(29)15(28)12(9-26)33-18)8-5-14(23-20(25)31)22-11-24-6-3-2-4-7-24/h2-6,8,12-13,15-19,26-30,32H,7,9-11H2,1H3/p+1/t12-,13-,15-,16-,17-,18-,19?,21-,25?/m1/s1. The van der Waals surface area contributed by atoms with E-state index in [0.717, 1.165) is 0 Å². The Morgan fingerprint density at radius 3 is 2.47 bits per heavy atom. The minimum absolute atomic E-state index is 0.199. The molecule has 7 N–H and O–H groups in total. The average molecular weight is 483 g/mol. The zero-order chi connectivity index (χ0) is 24.7. The highest BCUT2D eigenvalue weighted by Crippen LogP contribution is 2.43. The number of aliphatic hydroxyl groups excluding tert-OH is 5. The first kappa shape index (κ1) is 24.9. The van der Waals surface area contributed by atoms with E-state index in [4.69, 9.17) is 9.47 Å². The van der Waals surface area contributed by atoms with Crippen LogP contribution >= 0.6 is 0 Å². The number of quaternary nitrogens is 1. The SMILES string of the molecule is C[C@]1(O)C([N+]2([C@@H]3O[C@H](CO)[C@@H](O)[C@H]3O)C=CC(=NCN3C=CC=CC3)NC2=O)O[C@H](CO)[C@H]1O. The largest absolute Gasteiger partial charge is 0.431 e. The summed E-state index contributed by atoms with van der Waals surface area (Å²) in [5.74, 6) is 0.199. The molecule has 0 saturated carbocycles. The Labute approximate surface area is 195 Å². The molecule has 4 aliphatic rings. The van der Waals surface area contributed by atoms with Gasteiger partial charge in [-0.05, 0) is 13.0 Å². The number of rotatable bonds is 6. The first-order valence-corrected chi connectivity index (χ1v) is 11.0. The molecule has 4 aliphatic heterocycles. The Hall–Kier alpha value is -2.20. The molecular weight excluding hydrogens is 452 g/mol. The van der Waals surface area contributed by atoms with Gasteiger partial charge in [0, 0.05) is 18.8 Å². The van der Waals surface area contributed by atoms with E-state index in [2.05, 4.69) is 10.3 Å². The van der Waals surface area contributed by atoms with Gasteiger partial charge in [0.15, 0.2) is 11.7 Å². The van der Waals surface area contributed by atoms with E-state index in [9.17, 15) is 35.4 Å². The summed E-state index contributed by atoms with van der Waals surface area (Å²) in [5.41, 5.74) is -2.07. The molecule has 4 rings (SSSR count). The fourth-order valence-corrected chi connectivity index (χ4v) is 4.71. The lowest BCUT2D eigenvalue weighted by Gasteiger charge is -2.45. The molecule has 13 heteroatoms. The molecule has 2 unspecified atom stereocenters. The van der Waals surface area contributed by atoms with Crippen LogP contribution in [-0.2, 0) is 9.47 Å². The van der Waals surface area contributed by atoms with Crippen molar-refractivity contribution in [1.29, 1.82) is 0 Å². The van der Waals surface area contributed by atoms with Gasteiger partial charge in [-0.15, -0.1) is 0 Å². The summed E-state index contributed by atoms with van der Waals surface area (Å²) in [7, 11) is 0. The maximum Gasteiger partial charge on any atom is 0.431 e. The van der Waals surface area contributed by atoms with Gasteiger partial charge in [0.05, 0.1) is 13.2 Å². The minimum Gasteiger partial charge on any atom is -0.394 e. The van der Waals surface area contributed by atoms with Crippen LogP contribution in [0.3, 0.4) is 0 Å². The van der Waals surface area contributed by atoms with Gasteiger partial charge in [-0.25, -0.2) is 9.79 Å². The van der Waals surface area contributed by atoms with Crippen molar-refractivity contribution in [3.63, 3.8) is 0 Å². The average Bonchev–Trinajstić information content (AvgIpc) is 3.25. The number of aliphatic hydroxyl groups is 6. The molecule has 0 aromatic rings. The first-order valence-electron chi connectivity index (χ1n) is 11.0. The van der Waals surface area contributed by atoms with Crippen molar-refractivity contribution in [1.82, 2.24) is 10.2 Å². The van der Waals surface area contributed by atoms with E-state index in [1.54, 1.807) is 0 Å². The highest BCUT2D eigenvalue weighted by Gasteiger charge is 2.70. The van der Waals surface area contributed by atoms with Crippen LogP contribution in [0.25, 0.3) is 0 Å². The summed E-state index contributed by atoms with van der Waals surface area (Å²) in [6.45, 7) is 0.860. The zero-order valence-electron chi connectivity index (χ0n) is 18.6. The van der Waals surface area contributed by atoms with Crippen LogP contribution in [0, 0.1) is 0 Å². The molecule has 0 aliphatic carbocycles. The molecule has 0 bridgehead atoms. The Morgan fingerprint density at radius 1 is 1.18 bits per heavy atom. The van der Waals surface area contributed by atoms with Crippen molar-refractivity contribution in [2.45, 2.75) is 55.5 Å². The van der Waals surface area contributed by atoms with Crippen molar-refractivity contribution in [2.24, 2.45) is 4.99 Å². The molecule has 34 heavy (non-hydrogen) atoms. The molecule has 0 spiro atoms. The Bertz CT molecular complexity index is 907. The molecule has 0 radical (unpaired) electrons. The van der Waals surface area contributed by atoms with E-state index >= 15 is 0 Å². The van der Waals surface area contributed by atoms with Gasteiger partial charge in [-0.1, -0.05) is 12.2 Å². The number of amidine groups is 1. The fraction of sp³-hybridized carbons (Fsp3) is 0.619. The molecule has 0 aromatic heterocycles. The summed E-state index contributed by atoms with van der Waals surface area (Å²) >= 11 is 0. The molecule has 9 atom stereocenters. The predicted octanol–water partition coefficient (Wildman–Crippen LogP) is -2.95. The number of aliphatic imine (C=N–C) groups is 1. The number of hydrogen-bond donors (Lipinski definition) is 7. The van der Waals surface area contributed by atoms with Gasteiger partial charge in [-0.2, -0.15) is 4.48 Å². The molecule has 2 saturated heterocycles. The van der Waals surface area contributed by atoms with Crippen molar-refractivity contribution in [2.75, 3.05) is 26.4 Å². The summed E-state index contributed by atoms with van der Waals surface area (Å²) in [4.78, 5) is 19.9. The second kappa shape index (κ2) is 9.45. The third kappa shape index (κ3) is 3.98. The second-order valence-electron chi connectivity index (χ2n) is 8.92.